The lowest BCUT2D eigenvalue weighted by atomic mass is 10.2. The van der Waals surface area contributed by atoms with Gasteiger partial charge in [-0.1, -0.05) is 5.92 Å². The fourth-order valence-corrected chi connectivity index (χ4v) is 2.56. The minimum atomic E-state index is -0.0288. The van der Waals surface area contributed by atoms with Crippen molar-refractivity contribution in [3.05, 3.63) is 17.8 Å². The Morgan fingerprint density at radius 3 is 3.10 bits per heavy atom. The highest BCUT2D eigenvalue weighted by Gasteiger charge is 2.22. The first-order chi connectivity index (χ1) is 10.3. The van der Waals surface area contributed by atoms with Crippen LogP contribution in [0.2, 0.25) is 0 Å². The quantitative estimate of drug-likeness (QED) is 0.793. The van der Waals surface area contributed by atoms with Crippen molar-refractivity contribution >= 4 is 17.1 Å². The van der Waals surface area contributed by atoms with Gasteiger partial charge in [0.2, 0.25) is 5.65 Å². The summed E-state index contributed by atoms with van der Waals surface area (Å²) in [5.74, 6) is 2.62. The van der Waals surface area contributed by atoms with E-state index in [4.69, 9.17) is 6.42 Å². The van der Waals surface area contributed by atoms with Crippen LogP contribution in [0.5, 0.6) is 0 Å². The number of H-pyrrole nitrogens is 1. The summed E-state index contributed by atoms with van der Waals surface area (Å²) < 4.78 is 0. The molecule has 0 aromatic carbocycles. The third-order valence-corrected chi connectivity index (χ3v) is 3.64. The fourth-order valence-electron chi connectivity index (χ4n) is 2.56. The molecule has 2 aromatic rings. The number of pyridine rings is 1. The lowest BCUT2D eigenvalue weighted by Gasteiger charge is -2.21. The highest BCUT2D eigenvalue weighted by atomic mass is 16.2. The Morgan fingerprint density at radius 1 is 1.33 bits per heavy atom. The van der Waals surface area contributed by atoms with E-state index in [1.54, 1.807) is 12.3 Å². The number of aromatic nitrogens is 4. The lowest BCUT2D eigenvalue weighted by Crippen LogP contribution is -2.35. The molecule has 1 aliphatic heterocycles. The monoisotopic (exact) mass is 284 g/mol. The van der Waals surface area contributed by atoms with E-state index in [0.717, 1.165) is 26.1 Å². The van der Waals surface area contributed by atoms with Gasteiger partial charge in [0.05, 0.1) is 12.1 Å². The highest BCUT2D eigenvalue weighted by Crippen LogP contribution is 2.15. The summed E-state index contributed by atoms with van der Waals surface area (Å²) in [6, 6.07) is 1.69. The lowest BCUT2D eigenvalue weighted by molar-refractivity contribution is 0.0764. The first-order valence-electron chi connectivity index (χ1n) is 6.90. The molecule has 0 bridgehead atoms. The van der Waals surface area contributed by atoms with E-state index < -0.39 is 0 Å². The van der Waals surface area contributed by atoms with Crippen molar-refractivity contribution in [3.63, 3.8) is 0 Å². The van der Waals surface area contributed by atoms with Crippen LogP contribution in [0.1, 0.15) is 16.8 Å². The van der Waals surface area contributed by atoms with Gasteiger partial charge in [-0.05, 0) is 12.5 Å². The van der Waals surface area contributed by atoms with Gasteiger partial charge in [0.25, 0.3) is 5.91 Å². The van der Waals surface area contributed by atoms with Crippen LogP contribution in [-0.4, -0.2) is 68.8 Å². The van der Waals surface area contributed by atoms with E-state index in [-0.39, 0.29) is 5.91 Å². The molecule has 0 spiro atoms. The Bertz CT molecular complexity index is 688. The zero-order valence-electron chi connectivity index (χ0n) is 11.6. The number of hydrogen-bond donors (Lipinski definition) is 1. The zero-order chi connectivity index (χ0) is 14.7. The van der Waals surface area contributed by atoms with Crippen LogP contribution in [0.4, 0.5) is 0 Å². The van der Waals surface area contributed by atoms with E-state index in [2.05, 4.69) is 31.2 Å². The average molecular weight is 284 g/mol. The summed E-state index contributed by atoms with van der Waals surface area (Å²) in [5.41, 5.74) is 1.52. The molecular weight excluding hydrogens is 268 g/mol. The van der Waals surface area contributed by atoms with Crippen LogP contribution in [0.3, 0.4) is 0 Å². The second-order valence-electron chi connectivity index (χ2n) is 4.98. The minimum absolute atomic E-state index is 0.0288. The van der Waals surface area contributed by atoms with Crippen LogP contribution < -0.4 is 0 Å². The number of nitrogens with one attached hydrogen (secondary N) is 1. The Morgan fingerprint density at radius 2 is 2.24 bits per heavy atom. The van der Waals surface area contributed by atoms with Crippen molar-refractivity contribution in [2.24, 2.45) is 0 Å². The van der Waals surface area contributed by atoms with Crippen LogP contribution in [-0.2, 0) is 0 Å². The van der Waals surface area contributed by atoms with Crippen LogP contribution >= 0.6 is 0 Å². The fraction of sp³-hybridized carbons (Fsp3) is 0.429. The Hall–Kier alpha value is -2.46. The van der Waals surface area contributed by atoms with Gasteiger partial charge in [0.1, 0.15) is 5.52 Å². The average Bonchev–Trinajstić information content (AvgIpc) is 2.86. The van der Waals surface area contributed by atoms with Gasteiger partial charge in [0, 0.05) is 32.4 Å². The van der Waals surface area contributed by atoms with E-state index in [1.807, 2.05) is 4.90 Å². The molecule has 3 heterocycles. The standard InChI is InChI=1S/C14H16N6O/c1-2-6-19-7-3-8-20(10-9-19)14(21)11-4-5-15-13-12(11)16-18-17-13/h1,4-5H,3,6-10H2,(H,15,16,17,18). The molecule has 7 heteroatoms. The number of rotatable bonds is 2. The van der Waals surface area contributed by atoms with E-state index >= 15 is 0 Å². The van der Waals surface area contributed by atoms with Gasteiger partial charge in [0.15, 0.2) is 0 Å². The number of aromatic amines is 1. The summed E-state index contributed by atoms with van der Waals surface area (Å²) in [7, 11) is 0. The summed E-state index contributed by atoms with van der Waals surface area (Å²) in [4.78, 5) is 20.8. The SMILES string of the molecule is C#CCN1CCCN(C(=O)c2ccnc3n[nH]nc23)CC1. The first kappa shape index (κ1) is 13.5. The molecule has 0 saturated carbocycles. The van der Waals surface area contributed by atoms with Crippen molar-refractivity contribution in [3.8, 4) is 12.3 Å². The number of amides is 1. The maximum atomic E-state index is 12.7. The number of nitrogens with zero attached hydrogens (tertiary/aromatic N) is 5. The maximum absolute atomic E-state index is 12.7. The molecule has 0 unspecified atom stereocenters. The smallest absolute Gasteiger partial charge is 0.256 e. The largest absolute Gasteiger partial charge is 0.337 e. The van der Waals surface area contributed by atoms with Gasteiger partial charge >= 0.3 is 0 Å². The van der Waals surface area contributed by atoms with Crippen molar-refractivity contribution in [2.45, 2.75) is 6.42 Å². The van der Waals surface area contributed by atoms with Gasteiger partial charge < -0.3 is 4.90 Å². The van der Waals surface area contributed by atoms with Crippen molar-refractivity contribution in [1.29, 1.82) is 0 Å². The third kappa shape index (κ3) is 2.71. The van der Waals surface area contributed by atoms with Gasteiger partial charge in [-0.15, -0.1) is 11.5 Å². The molecule has 1 fully saturated rings. The molecule has 2 aromatic heterocycles. The number of fused-ring (bicyclic) bond motifs is 1. The molecule has 21 heavy (non-hydrogen) atoms. The van der Waals surface area contributed by atoms with E-state index in [9.17, 15) is 4.79 Å². The molecule has 3 rings (SSSR count). The molecule has 7 nitrogen and oxygen atoms in total. The van der Waals surface area contributed by atoms with Crippen LogP contribution in [0, 0.1) is 12.3 Å². The summed E-state index contributed by atoms with van der Waals surface area (Å²) in [6.45, 7) is 3.74. The Labute approximate surface area is 122 Å². The number of hydrogen-bond acceptors (Lipinski definition) is 5. The molecule has 108 valence electrons. The second-order valence-corrected chi connectivity index (χ2v) is 4.98. The molecule has 0 atom stereocenters. The molecular formula is C14H16N6O. The van der Waals surface area contributed by atoms with Crippen molar-refractivity contribution < 1.29 is 4.79 Å². The van der Waals surface area contributed by atoms with E-state index in [0.29, 0.717) is 29.8 Å². The molecule has 0 radical (unpaired) electrons. The molecule has 0 aliphatic carbocycles. The van der Waals surface area contributed by atoms with Gasteiger partial charge in [-0.25, -0.2) is 4.98 Å². The third-order valence-electron chi connectivity index (χ3n) is 3.64. The minimum Gasteiger partial charge on any atom is -0.337 e. The van der Waals surface area contributed by atoms with Gasteiger partial charge in [-0.3, -0.25) is 9.69 Å². The number of carbonyl (C=O) groups is 1. The van der Waals surface area contributed by atoms with Crippen molar-refractivity contribution in [2.75, 3.05) is 32.7 Å². The number of terminal acetylenes is 1. The van der Waals surface area contributed by atoms with Crippen molar-refractivity contribution in [1.82, 2.24) is 30.2 Å². The molecule has 1 amide bonds. The van der Waals surface area contributed by atoms with Crippen LogP contribution in [0.15, 0.2) is 12.3 Å². The highest BCUT2D eigenvalue weighted by molar-refractivity contribution is 6.03. The normalized spacial score (nSPS) is 16.6. The Kier molecular flexibility index (Phi) is 3.79. The molecule has 1 saturated heterocycles. The zero-order valence-corrected chi connectivity index (χ0v) is 11.6. The maximum Gasteiger partial charge on any atom is 0.256 e. The molecule has 1 N–H and O–H groups in total. The van der Waals surface area contributed by atoms with E-state index in [1.165, 1.54) is 0 Å². The predicted octanol–water partition coefficient (Wildman–Crippen LogP) is 0.134. The predicted molar refractivity (Wildman–Crippen MR) is 77.5 cm³/mol. The number of carbonyl (C=O) groups excluding carboxylic acids is 1. The van der Waals surface area contributed by atoms with Crippen LogP contribution in [0.25, 0.3) is 11.2 Å². The summed E-state index contributed by atoms with van der Waals surface area (Å²) in [5, 5.41) is 10.4. The summed E-state index contributed by atoms with van der Waals surface area (Å²) in [6.07, 6.45) is 7.85. The second kappa shape index (κ2) is 5.89. The van der Waals surface area contributed by atoms with Gasteiger partial charge in [-0.2, -0.15) is 10.3 Å². The Balaban J connectivity index is 1.79. The summed E-state index contributed by atoms with van der Waals surface area (Å²) >= 11 is 0. The molecule has 1 aliphatic rings. The first-order valence-corrected chi connectivity index (χ1v) is 6.90. The topological polar surface area (TPSA) is 78.0 Å².